The van der Waals surface area contributed by atoms with Gasteiger partial charge in [0.2, 0.25) is 5.88 Å². The van der Waals surface area contributed by atoms with Crippen LogP contribution in [0.4, 0.5) is 4.39 Å². The number of nitrogens with two attached hydrogens (primary N) is 1. The molecular weight excluding hydrogens is 429 g/mol. The molecule has 2 aliphatic rings. The molecule has 5 nitrogen and oxygen atoms in total. The SMILES string of the molecule is C/C=C(\NC)c1ccc(O)cc1.C1CCCC1.C=C(C)/C(F)=C(\N=C/C)OCC1CC1.C=CN. The summed E-state index contributed by atoms with van der Waals surface area (Å²) in [6, 6.07) is 7.11. The summed E-state index contributed by atoms with van der Waals surface area (Å²) in [5, 5.41) is 12.1. The van der Waals surface area contributed by atoms with E-state index in [0.717, 1.165) is 11.3 Å². The molecule has 190 valence electrons. The number of halogens is 1. The van der Waals surface area contributed by atoms with Gasteiger partial charge in [0, 0.05) is 19.0 Å². The summed E-state index contributed by atoms with van der Waals surface area (Å²) in [5.74, 6) is 0.496. The minimum Gasteiger partial charge on any atom is -0.508 e. The van der Waals surface area contributed by atoms with Gasteiger partial charge in [-0.25, -0.2) is 9.38 Å². The van der Waals surface area contributed by atoms with Crippen LogP contribution in [0.25, 0.3) is 5.70 Å². The van der Waals surface area contributed by atoms with Crippen LogP contribution in [0.2, 0.25) is 0 Å². The Balaban J connectivity index is 0.000000489. The monoisotopic (exact) mass is 473 g/mol. The van der Waals surface area contributed by atoms with Crippen LogP contribution in [0.5, 0.6) is 5.75 Å². The number of ether oxygens (including phenoxy) is 1. The van der Waals surface area contributed by atoms with E-state index in [1.807, 2.05) is 32.2 Å². The smallest absolute Gasteiger partial charge is 0.250 e. The van der Waals surface area contributed by atoms with Gasteiger partial charge in [-0.15, -0.1) is 0 Å². The van der Waals surface area contributed by atoms with Gasteiger partial charge in [-0.3, -0.25) is 0 Å². The third kappa shape index (κ3) is 14.9. The highest BCUT2D eigenvalue weighted by atomic mass is 19.1. The number of hydrogen-bond acceptors (Lipinski definition) is 5. The number of rotatable bonds is 7. The van der Waals surface area contributed by atoms with Crippen molar-refractivity contribution in [2.45, 2.75) is 65.7 Å². The lowest BCUT2D eigenvalue weighted by molar-refractivity contribution is 0.188. The van der Waals surface area contributed by atoms with Gasteiger partial charge in [0.05, 0.1) is 6.61 Å². The van der Waals surface area contributed by atoms with Crippen molar-refractivity contribution in [2.75, 3.05) is 13.7 Å². The zero-order chi connectivity index (χ0) is 25.8. The van der Waals surface area contributed by atoms with Crippen molar-refractivity contribution in [3.05, 3.63) is 72.5 Å². The van der Waals surface area contributed by atoms with Gasteiger partial charge in [-0.1, -0.05) is 51.3 Å². The first-order valence-electron chi connectivity index (χ1n) is 12.0. The molecule has 0 aromatic heterocycles. The Hall–Kier alpha value is -3.02. The first-order valence-corrected chi connectivity index (χ1v) is 12.0. The molecule has 6 heteroatoms. The van der Waals surface area contributed by atoms with Crippen molar-refractivity contribution >= 4 is 11.9 Å². The Kier molecular flexibility index (Phi) is 17.7. The minimum absolute atomic E-state index is 0.0619. The van der Waals surface area contributed by atoms with Gasteiger partial charge in [0.15, 0.2) is 5.83 Å². The second-order valence-electron chi connectivity index (χ2n) is 8.04. The van der Waals surface area contributed by atoms with Crippen LogP contribution in [-0.4, -0.2) is 25.0 Å². The zero-order valence-electron chi connectivity index (χ0n) is 21.4. The van der Waals surface area contributed by atoms with Crippen molar-refractivity contribution in [3.8, 4) is 5.75 Å². The lowest BCUT2D eigenvalue weighted by Crippen LogP contribution is -2.03. The Morgan fingerprint density at radius 1 is 1.18 bits per heavy atom. The molecule has 4 N–H and O–H groups in total. The number of nitrogens with one attached hydrogen (secondary N) is 1. The van der Waals surface area contributed by atoms with Gasteiger partial charge in [0.1, 0.15) is 5.75 Å². The van der Waals surface area contributed by atoms with E-state index in [9.17, 15) is 4.39 Å². The van der Waals surface area contributed by atoms with Crippen molar-refractivity contribution < 1.29 is 14.2 Å². The van der Waals surface area contributed by atoms with Crippen LogP contribution in [0, 0.1) is 5.92 Å². The van der Waals surface area contributed by atoms with Crippen LogP contribution >= 0.6 is 0 Å². The van der Waals surface area contributed by atoms with Crippen LogP contribution < -0.4 is 11.1 Å². The number of hydrogen-bond donors (Lipinski definition) is 3. The number of allylic oxidation sites excluding steroid dienone is 3. The van der Waals surface area contributed by atoms with E-state index in [-0.39, 0.29) is 5.88 Å². The van der Waals surface area contributed by atoms with Crippen molar-refractivity contribution in [3.63, 3.8) is 0 Å². The third-order valence-electron chi connectivity index (χ3n) is 4.95. The molecule has 2 fully saturated rings. The molecule has 0 spiro atoms. The molecule has 0 bridgehead atoms. The highest BCUT2D eigenvalue weighted by Gasteiger charge is 2.23. The number of benzene rings is 1. The van der Waals surface area contributed by atoms with Gasteiger partial charge in [-0.05, 0) is 81.1 Å². The third-order valence-corrected chi connectivity index (χ3v) is 4.95. The molecule has 0 atom stereocenters. The van der Waals surface area contributed by atoms with E-state index in [1.54, 1.807) is 26.0 Å². The molecule has 2 aliphatic carbocycles. The first kappa shape index (κ1) is 31.0. The molecule has 0 radical (unpaired) electrons. The molecule has 1 aromatic rings. The Morgan fingerprint density at radius 3 is 2.03 bits per heavy atom. The largest absolute Gasteiger partial charge is 0.508 e. The highest BCUT2D eigenvalue weighted by Crippen LogP contribution is 2.30. The number of aromatic hydroxyl groups is 1. The zero-order valence-corrected chi connectivity index (χ0v) is 21.4. The lowest BCUT2D eigenvalue weighted by Gasteiger charge is -2.06. The fraction of sp³-hybridized carbons (Fsp3) is 0.464. The number of nitrogens with zero attached hydrogens (tertiary/aromatic N) is 1. The van der Waals surface area contributed by atoms with E-state index in [2.05, 4.69) is 29.2 Å². The highest BCUT2D eigenvalue weighted by molar-refractivity contribution is 5.63. The van der Waals surface area contributed by atoms with E-state index in [0.29, 0.717) is 23.8 Å². The summed E-state index contributed by atoms with van der Waals surface area (Å²) in [7, 11) is 1.88. The van der Waals surface area contributed by atoms with Crippen LogP contribution in [0.1, 0.15) is 71.3 Å². The molecule has 0 aliphatic heterocycles. The van der Waals surface area contributed by atoms with E-state index >= 15 is 0 Å². The summed E-state index contributed by atoms with van der Waals surface area (Å²) < 4.78 is 18.7. The summed E-state index contributed by atoms with van der Waals surface area (Å²) >= 11 is 0. The molecule has 0 unspecified atom stereocenters. The summed E-state index contributed by atoms with van der Waals surface area (Å²) in [4.78, 5) is 3.84. The van der Waals surface area contributed by atoms with E-state index < -0.39 is 5.83 Å². The summed E-state index contributed by atoms with van der Waals surface area (Å²) in [5.41, 5.74) is 7.11. The molecule has 1 aromatic carbocycles. The Bertz CT molecular complexity index is 783. The van der Waals surface area contributed by atoms with Gasteiger partial charge in [-0.2, -0.15) is 0 Å². The summed E-state index contributed by atoms with van der Waals surface area (Å²) in [6.45, 7) is 12.5. The molecular formula is C28H44FN3O2. The second-order valence-corrected chi connectivity index (χ2v) is 8.04. The average molecular weight is 474 g/mol. The fourth-order valence-electron chi connectivity index (χ4n) is 2.92. The van der Waals surface area contributed by atoms with Gasteiger partial charge in [0.25, 0.3) is 0 Å². The van der Waals surface area contributed by atoms with E-state index in [4.69, 9.17) is 9.84 Å². The maximum absolute atomic E-state index is 13.4. The van der Waals surface area contributed by atoms with Crippen LogP contribution in [0.3, 0.4) is 0 Å². The summed E-state index contributed by atoms with van der Waals surface area (Å²) in [6.07, 6.45) is 14.6. The molecule has 0 saturated heterocycles. The molecule has 0 amide bonds. The first-order chi connectivity index (χ1) is 16.3. The van der Waals surface area contributed by atoms with Gasteiger partial charge >= 0.3 is 0 Å². The van der Waals surface area contributed by atoms with Crippen molar-refractivity contribution in [1.82, 2.24) is 5.32 Å². The van der Waals surface area contributed by atoms with E-state index in [1.165, 1.54) is 57.4 Å². The standard InChI is InChI=1S/C11H16FNO.C10H13NO.C5H10.C2H5N/c1-4-13-11(10(12)8(2)3)14-7-9-5-6-9;1-3-10(11-2)8-4-6-9(12)7-5-8;1-2-4-5-3-1;1-2-3/h4,9H,2,5-7H2,1,3H3;3-7,11-12H,1-2H3;1-5H2;2H,1,3H2/b11-10-,13-4-;10-3-;;. The predicted octanol–water partition coefficient (Wildman–Crippen LogP) is 7.23. The number of phenolic OH excluding ortho intramolecular Hbond substituents is 1. The molecule has 0 heterocycles. The van der Waals surface area contributed by atoms with Crippen LogP contribution in [-0.2, 0) is 4.74 Å². The Labute approximate surface area is 206 Å². The average Bonchev–Trinajstić information content (AvgIpc) is 3.45. The normalized spacial score (nSPS) is 15.4. The van der Waals surface area contributed by atoms with Crippen molar-refractivity contribution in [1.29, 1.82) is 0 Å². The molecule has 34 heavy (non-hydrogen) atoms. The van der Waals surface area contributed by atoms with Crippen LogP contribution in [0.15, 0.2) is 72.0 Å². The van der Waals surface area contributed by atoms with Crippen molar-refractivity contribution in [2.24, 2.45) is 16.6 Å². The lowest BCUT2D eigenvalue weighted by atomic mass is 10.1. The maximum Gasteiger partial charge on any atom is 0.250 e. The fourth-order valence-corrected chi connectivity index (χ4v) is 2.92. The maximum atomic E-state index is 13.4. The predicted molar refractivity (Wildman–Crippen MR) is 144 cm³/mol. The van der Waals surface area contributed by atoms with Gasteiger partial charge < -0.3 is 20.9 Å². The second kappa shape index (κ2) is 19.4. The quantitative estimate of drug-likeness (QED) is 0.222. The Morgan fingerprint density at radius 2 is 1.68 bits per heavy atom. The topological polar surface area (TPSA) is 79.9 Å². The molecule has 3 rings (SSSR count). The minimum atomic E-state index is -0.455. The number of phenols is 1. The number of aliphatic imine (C=N–C) groups is 1. The molecule has 2 saturated carbocycles.